The van der Waals surface area contributed by atoms with E-state index < -0.39 is 0 Å². The summed E-state index contributed by atoms with van der Waals surface area (Å²) < 4.78 is 0. The number of piperidine rings is 1. The maximum Gasteiger partial charge on any atom is 0.152 e. The predicted octanol–water partition coefficient (Wildman–Crippen LogP) is 2.67. The highest BCUT2D eigenvalue weighted by molar-refractivity contribution is 5.67. The Morgan fingerprint density at radius 1 is 0.824 bits per heavy atom. The number of anilines is 2. The van der Waals surface area contributed by atoms with E-state index in [0.29, 0.717) is 0 Å². The molecule has 0 spiro atoms. The first kappa shape index (κ1) is 10.9. The van der Waals surface area contributed by atoms with Gasteiger partial charge in [-0.05, 0) is 44.2 Å². The van der Waals surface area contributed by atoms with Crippen molar-refractivity contribution in [2.75, 3.05) is 36.0 Å². The highest BCUT2D eigenvalue weighted by Crippen LogP contribution is 2.30. The van der Waals surface area contributed by atoms with Crippen LogP contribution in [0.25, 0.3) is 0 Å². The van der Waals surface area contributed by atoms with Crippen LogP contribution in [-0.4, -0.2) is 31.2 Å². The zero-order chi connectivity index (χ0) is 11.5. The average molecular weight is 231 g/mol. The van der Waals surface area contributed by atoms with Crippen molar-refractivity contribution in [3.8, 4) is 0 Å². The van der Waals surface area contributed by atoms with Crippen LogP contribution in [0.15, 0.2) is 18.3 Å². The molecule has 0 saturated carbocycles. The maximum absolute atomic E-state index is 4.62. The second-order valence-corrected chi connectivity index (χ2v) is 5.09. The highest BCUT2D eigenvalue weighted by Gasteiger charge is 2.20. The van der Waals surface area contributed by atoms with Crippen LogP contribution in [0.1, 0.15) is 32.1 Å². The lowest BCUT2D eigenvalue weighted by Gasteiger charge is -2.32. The summed E-state index contributed by atoms with van der Waals surface area (Å²) in [5.41, 5.74) is 1.36. The Labute approximate surface area is 103 Å². The fraction of sp³-hybridized carbons (Fsp3) is 0.643. The molecule has 2 saturated heterocycles. The van der Waals surface area contributed by atoms with Gasteiger partial charge in [0.15, 0.2) is 5.82 Å². The van der Waals surface area contributed by atoms with Crippen LogP contribution in [0.3, 0.4) is 0 Å². The van der Waals surface area contributed by atoms with Gasteiger partial charge in [0, 0.05) is 32.4 Å². The van der Waals surface area contributed by atoms with E-state index in [9.17, 15) is 0 Å². The first-order valence-corrected chi connectivity index (χ1v) is 6.90. The van der Waals surface area contributed by atoms with Crippen molar-refractivity contribution in [2.45, 2.75) is 32.1 Å². The van der Waals surface area contributed by atoms with Crippen LogP contribution in [0.5, 0.6) is 0 Å². The van der Waals surface area contributed by atoms with E-state index in [1.165, 1.54) is 69.8 Å². The summed E-state index contributed by atoms with van der Waals surface area (Å²) in [4.78, 5) is 9.59. The van der Waals surface area contributed by atoms with Crippen molar-refractivity contribution in [2.24, 2.45) is 0 Å². The number of rotatable bonds is 2. The standard InChI is InChI=1S/C14H21N3/c1-2-9-16(10-3-1)13-7-6-8-15-14(13)17-11-4-5-12-17/h6-8H,1-5,9-12H2. The minimum atomic E-state index is 1.18. The summed E-state index contributed by atoms with van der Waals surface area (Å²) in [5.74, 6) is 1.21. The smallest absolute Gasteiger partial charge is 0.152 e. The maximum atomic E-state index is 4.62. The number of hydrogen-bond acceptors (Lipinski definition) is 3. The van der Waals surface area contributed by atoms with Gasteiger partial charge in [-0.25, -0.2) is 4.98 Å². The van der Waals surface area contributed by atoms with Gasteiger partial charge in [-0.1, -0.05) is 0 Å². The van der Waals surface area contributed by atoms with Crippen LogP contribution in [-0.2, 0) is 0 Å². The molecule has 0 aliphatic carbocycles. The summed E-state index contributed by atoms with van der Waals surface area (Å²) >= 11 is 0. The quantitative estimate of drug-likeness (QED) is 0.780. The Hall–Kier alpha value is -1.25. The molecule has 2 aliphatic heterocycles. The molecule has 2 aliphatic rings. The molecule has 1 aromatic rings. The minimum Gasteiger partial charge on any atom is -0.369 e. The SMILES string of the molecule is c1cnc(N2CCCC2)c(N2CCCCC2)c1. The Bertz CT molecular complexity index is 365. The summed E-state index contributed by atoms with van der Waals surface area (Å²) in [6, 6.07) is 4.31. The summed E-state index contributed by atoms with van der Waals surface area (Å²) in [6.45, 7) is 4.76. The topological polar surface area (TPSA) is 19.4 Å². The molecule has 0 atom stereocenters. The number of nitrogens with zero attached hydrogens (tertiary/aromatic N) is 3. The molecule has 3 rings (SSSR count). The van der Waals surface area contributed by atoms with Gasteiger partial charge in [-0.3, -0.25) is 0 Å². The molecular formula is C14H21N3. The van der Waals surface area contributed by atoms with Crippen LogP contribution in [0, 0.1) is 0 Å². The zero-order valence-corrected chi connectivity index (χ0v) is 10.4. The lowest BCUT2D eigenvalue weighted by molar-refractivity contribution is 0.577. The molecule has 0 radical (unpaired) electrons. The van der Waals surface area contributed by atoms with Crippen molar-refractivity contribution in [3.63, 3.8) is 0 Å². The average Bonchev–Trinajstić information content (AvgIpc) is 2.94. The second kappa shape index (κ2) is 4.94. The summed E-state index contributed by atoms with van der Waals surface area (Å²) in [5, 5.41) is 0. The second-order valence-electron chi connectivity index (χ2n) is 5.09. The molecule has 0 aromatic carbocycles. The lowest BCUT2D eigenvalue weighted by atomic mass is 10.1. The molecule has 3 heteroatoms. The molecule has 3 nitrogen and oxygen atoms in total. The molecule has 2 fully saturated rings. The Morgan fingerprint density at radius 2 is 1.47 bits per heavy atom. The van der Waals surface area contributed by atoms with Gasteiger partial charge in [-0.2, -0.15) is 0 Å². The third-order valence-electron chi connectivity index (χ3n) is 3.87. The summed E-state index contributed by atoms with van der Waals surface area (Å²) in [7, 11) is 0. The van der Waals surface area contributed by atoms with Gasteiger partial charge in [0.1, 0.15) is 0 Å². The van der Waals surface area contributed by atoms with Crippen molar-refractivity contribution < 1.29 is 0 Å². The molecule has 0 bridgehead atoms. The van der Waals surface area contributed by atoms with Crippen molar-refractivity contribution in [3.05, 3.63) is 18.3 Å². The van der Waals surface area contributed by atoms with E-state index in [4.69, 9.17) is 0 Å². The molecular weight excluding hydrogens is 210 g/mol. The molecule has 3 heterocycles. The molecule has 1 aromatic heterocycles. The first-order valence-electron chi connectivity index (χ1n) is 6.90. The van der Waals surface area contributed by atoms with Crippen LogP contribution >= 0.6 is 0 Å². The largest absolute Gasteiger partial charge is 0.369 e. The van der Waals surface area contributed by atoms with Crippen LogP contribution in [0.2, 0.25) is 0 Å². The summed E-state index contributed by atoms with van der Waals surface area (Å²) in [6.07, 6.45) is 8.60. The number of aromatic nitrogens is 1. The Kier molecular flexibility index (Phi) is 3.16. The van der Waals surface area contributed by atoms with Gasteiger partial charge >= 0.3 is 0 Å². The molecule has 0 unspecified atom stereocenters. The van der Waals surface area contributed by atoms with Gasteiger partial charge in [0.25, 0.3) is 0 Å². The van der Waals surface area contributed by atoms with E-state index >= 15 is 0 Å². The van der Waals surface area contributed by atoms with Crippen LogP contribution < -0.4 is 9.80 Å². The number of hydrogen-bond donors (Lipinski definition) is 0. The molecule has 0 N–H and O–H groups in total. The molecule has 92 valence electrons. The minimum absolute atomic E-state index is 1.18. The zero-order valence-electron chi connectivity index (χ0n) is 10.4. The van der Waals surface area contributed by atoms with E-state index in [1.807, 2.05) is 6.20 Å². The van der Waals surface area contributed by atoms with E-state index in [0.717, 1.165) is 0 Å². The van der Waals surface area contributed by atoms with E-state index in [2.05, 4.69) is 26.9 Å². The Morgan fingerprint density at radius 3 is 2.24 bits per heavy atom. The fourth-order valence-corrected chi connectivity index (χ4v) is 2.94. The van der Waals surface area contributed by atoms with Crippen molar-refractivity contribution in [1.29, 1.82) is 0 Å². The predicted molar refractivity (Wildman–Crippen MR) is 71.7 cm³/mol. The fourth-order valence-electron chi connectivity index (χ4n) is 2.94. The van der Waals surface area contributed by atoms with Crippen molar-refractivity contribution >= 4 is 11.5 Å². The Balaban J connectivity index is 1.86. The lowest BCUT2D eigenvalue weighted by Crippen LogP contribution is -2.32. The van der Waals surface area contributed by atoms with E-state index in [-0.39, 0.29) is 0 Å². The number of pyridine rings is 1. The first-order chi connectivity index (χ1) is 8.45. The monoisotopic (exact) mass is 231 g/mol. The van der Waals surface area contributed by atoms with Gasteiger partial charge in [-0.15, -0.1) is 0 Å². The van der Waals surface area contributed by atoms with Gasteiger partial charge < -0.3 is 9.80 Å². The molecule has 17 heavy (non-hydrogen) atoms. The van der Waals surface area contributed by atoms with Gasteiger partial charge in [0.05, 0.1) is 5.69 Å². The van der Waals surface area contributed by atoms with E-state index in [1.54, 1.807) is 0 Å². The third kappa shape index (κ3) is 2.24. The third-order valence-corrected chi connectivity index (χ3v) is 3.87. The normalized spacial score (nSPS) is 20.9. The van der Waals surface area contributed by atoms with Crippen LogP contribution in [0.4, 0.5) is 11.5 Å². The highest BCUT2D eigenvalue weighted by atomic mass is 15.2. The molecule has 0 amide bonds. The van der Waals surface area contributed by atoms with Crippen molar-refractivity contribution in [1.82, 2.24) is 4.98 Å². The van der Waals surface area contributed by atoms with Gasteiger partial charge in [0.2, 0.25) is 0 Å².